The fraction of sp³-hybridized carbons (Fsp3) is 0.278. The van der Waals surface area contributed by atoms with Gasteiger partial charge < -0.3 is 5.32 Å². The van der Waals surface area contributed by atoms with E-state index in [1.165, 1.54) is 6.07 Å². The third-order valence-corrected chi connectivity index (χ3v) is 5.53. The molecule has 0 saturated carbocycles. The number of aryl methyl sites for hydroxylation is 1. The molecule has 2 aromatic rings. The van der Waals surface area contributed by atoms with Gasteiger partial charge in [-0.15, -0.1) is 0 Å². The summed E-state index contributed by atoms with van der Waals surface area (Å²) in [6.07, 6.45) is 1.37. The minimum Gasteiger partial charge on any atom is -0.323 e. The second-order valence-corrected chi connectivity index (χ2v) is 8.63. The molecule has 0 heterocycles. The van der Waals surface area contributed by atoms with Gasteiger partial charge in [0.15, 0.2) is 0 Å². The summed E-state index contributed by atoms with van der Waals surface area (Å²) < 4.78 is 25.9. The first kappa shape index (κ1) is 20.6. The van der Waals surface area contributed by atoms with E-state index in [9.17, 15) is 13.2 Å². The first-order valence-corrected chi connectivity index (χ1v) is 10.6. The Kier molecular flexibility index (Phi) is 6.55. The normalized spacial score (nSPS) is 12.5. The highest BCUT2D eigenvalue weighted by Gasteiger charge is 2.31. The van der Waals surface area contributed by atoms with E-state index in [4.69, 9.17) is 23.2 Å². The molecule has 0 aliphatic rings. The van der Waals surface area contributed by atoms with Crippen molar-refractivity contribution in [3.8, 4) is 0 Å². The van der Waals surface area contributed by atoms with E-state index < -0.39 is 22.0 Å². The number of hydrogen-bond donors (Lipinski definition) is 1. The molecule has 1 N–H and O–H groups in total. The van der Waals surface area contributed by atoms with Crippen molar-refractivity contribution in [3.05, 3.63) is 58.1 Å². The molecule has 140 valence electrons. The number of benzene rings is 2. The number of halogens is 2. The van der Waals surface area contributed by atoms with Crippen LogP contribution in [0.5, 0.6) is 0 Å². The maximum atomic E-state index is 12.8. The van der Waals surface area contributed by atoms with E-state index in [0.29, 0.717) is 16.4 Å². The number of carbonyl (C=O) groups excluding carboxylic acids is 1. The van der Waals surface area contributed by atoms with E-state index in [1.54, 1.807) is 43.3 Å². The highest BCUT2D eigenvalue weighted by atomic mass is 35.5. The Hall–Kier alpha value is -1.76. The summed E-state index contributed by atoms with van der Waals surface area (Å²) in [6, 6.07) is 10.7. The number of amides is 1. The van der Waals surface area contributed by atoms with Crippen LogP contribution in [0.4, 0.5) is 11.4 Å². The monoisotopic (exact) mass is 414 g/mol. The molecule has 8 heteroatoms. The van der Waals surface area contributed by atoms with Crippen molar-refractivity contribution in [2.75, 3.05) is 15.9 Å². The van der Waals surface area contributed by atoms with Crippen LogP contribution in [-0.4, -0.2) is 26.6 Å². The number of anilines is 2. The zero-order chi connectivity index (χ0) is 19.5. The zero-order valence-corrected chi connectivity index (χ0v) is 17.0. The standard InChI is InChI=1S/C18H20Cl2N2O3S/c1-4-17(18(23)21-16-10-7-13(19)11-15(16)20)22(26(3,24)25)14-8-5-12(2)6-9-14/h5-11,17H,4H2,1-3H3,(H,21,23). The topological polar surface area (TPSA) is 66.5 Å². The third kappa shape index (κ3) is 4.90. The van der Waals surface area contributed by atoms with Crippen molar-refractivity contribution in [3.63, 3.8) is 0 Å². The van der Waals surface area contributed by atoms with Gasteiger partial charge in [-0.1, -0.05) is 47.8 Å². The van der Waals surface area contributed by atoms with Gasteiger partial charge in [0.05, 0.1) is 22.7 Å². The maximum absolute atomic E-state index is 12.8. The molecule has 0 radical (unpaired) electrons. The average molecular weight is 415 g/mol. The molecular formula is C18H20Cl2N2O3S. The lowest BCUT2D eigenvalue weighted by Crippen LogP contribution is -2.47. The summed E-state index contributed by atoms with van der Waals surface area (Å²) in [5.41, 5.74) is 1.80. The van der Waals surface area contributed by atoms with Gasteiger partial charge in [-0.25, -0.2) is 8.42 Å². The Bertz CT molecular complexity index is 899. The second-order valence-electron chi connectivity index (χ2n) is 5.93. The summed E-state index contributed by atoms with van der Waals surface area (Å²) in [5.74, 6) is -0.470. The van der Waals surface area contributed by atoms with Crippen molar-refractivity contribution in [2.24, 2.45) is 0 Å². The van der Waals surface area contributed by atoms with Crippen LogP contribution in [0, 0.1) is 6.92 Å². The molecule has 2 aromatic carbocycles. The Morgan fingerprint density at radius 1 is 1.15 bits per heavy atom. The molecule has 0 saturated heterocycles. The predicted octanol–water partition coefficient (Wildman–Crippen LogP) is 4.49. The van der Waals surface area contributed by atoms with Crippen molar-refractivity contribution in [1.29, 1.82) is 0 Å². The van der Waals surface area contributed by atoms with Gasteiger partial charge in [0.2, 0.25) is 15.9 Å². The second kappa shape index (κ2) is 8.29. The largest absolute Gasteiger partial charge is 0.323 e. The Balaban J connectivity index is 2.38. The van der Waals surface area contributed by atoms with Crippen LogP contribution >= 0.6 is 23.2 Å². The van der Waals surface area contributed by atoms with Crippen molar-refractivity contribution < 1.29 is 13.2 Å². The molecule has 0 aliphatic heterocycles. The lowest BCUT2D eigenvalue weighted by atomic mass is 10.1. The molecular weight excluding hydrogens is 395 g/mol. The van der Waals surface area contributed by atoms with Gasteiger partial charge in [-0.2, -0.15) is 0 Å². The predicted molar refractivity (Wildman–Crippen MR) is 108 cm³/mol. The van der Waals surface area contributed by atoms with Gasteiger partial charge in [0, 0.05) is 5.02 Å². The molecule has 2 rings (SSSR count). The number of sulfonamides is 1. The first-order chi connectivity index (χ1) is 12.1. The maximum Gasteiger partial charge on any atom is 0.248 e. The molecule has 26 heavy (non-hydrogen) atoms. The molecule has 1 amide bonds. The summed E-state index contributed by atoms with van der Waals surface area (Å²) in [4.78, 5) is 12.8. The molecule has 0 fully saturated rings. The molecule has 5 nitrogen and oxygen atoms in total. The van der Waals surface area contributed by atoms with Crippen LogP contribution in [0.3, 0.4) is 0 Å². The fourth-order valence-corrected chi connectivity index (χ4v) is 4.23. The van der Waals surface area contributed by atoms with Crippen molar-refractivity contribution >= 4 is 50.5 Å². The molecule has 0 aromatic heterocycles. The zero-order valence-electron chi connectivity index (χ0n) is 14.7. The smallest absolute Gasteiger partial charge is 0.248 e. The number of hydrogen-bond acceptors (Lipinski definition) is 3. The van der Waals surface area contributed by atoms with Crippen LogP contribution < -0.4 is 9.62 Å². The van der Waals surface area contributed by atoms with Gasteiger partial charge in [-0.3, -0.25) is 9.10 Å². The average Bonchev–Trinajstić information content (AvgIpc) is 2.55. The van der Waals surface area contributed by atoms with Gasteiger partial charge in [-0.05, 0) is 43.7 Å². The summed E-state index contributed by atoms with van der Waals surface area (Å²) in [5, 5.41) is 3.41. The lowest BCUT2D eigenvalue weighted by molar-refractivity contribution is -0.117. The van der Waals surface area contributed by atoms with Gasteiger partial charge in [0.1, 0.15) is 6.04 Å². The third-order valence-electron chi connectivity index (χ3n) is 3.81. The molecule has 1 atom stereocenters. The fourth-order valence-electron chi connectivity index (χ4n) is 2.56. The quantitative estimate of drug-likeness (QED) is 0.756. The number of rotatable bonds is 6. The van der Waals surface area contributed by atoms with Crippen molar-refractivity contribution in [1.82, 2.24) is 0 Å². The number of nitrogens with one attached hydrogen (secondary N) is 1. The van der Waals surface area contributed by atoms with Crippen molar-refractivity contribution in [2.45, 2.75) is 26.3 Å². The Labute approximate surface area is 164 Å². The molecule has 0 aliphatic carbocycles. The highest BCUT2D eigenvalue weighted by Crippen LogP contribution is 2.27. The number of nitrogens with zero attached hydrogens (tertiary/aromatic N) is 1. The van der Waals surface area contributed by atoms with Crippen LogP contribution in [0.2, 0.25) is 10.0 Å². The molecule has 0 bridgehead atoms. The van der Waals surface area contributed by atoms with Gasteiger partial charge in [0.25, 0.3) is 0 Å². The van der Waals surface area contributed by atoms with E-state index in [1.807, 2.05) is 6.92 Å². The number of carbonyl (C=O) groups is 1. The van der Waals surface area contributed by atoms with E-state index in [2.05, 4.69) is 5.32 Å². The Morgan fingerprint density at radius 2 is 1.77 bits per heavy atom. The lowest BCUT2D eigenvalue weighted by Gasteiger charge is -2.30. The minimum absolute atomic E-state index is 0.280. The van der Waals surface area contributed by atoms with Crippen LogP contribution in [0.15, 0.2) is 42.5 Å². The SMILES string of the molecule is CCC(C(=O)Nc1ccc(Cl)cc1Cl)N(c1ccc(C)cc1)S(C)(=O)=O. The van der Waals surface area contributed by atoms with E-state index in [-0.39, 0.29) is 11.4 Å². The van der Waals surface area contributed by atoms with E-state index in [0.717, 1.165) is 16.1 Å². The van der Waals surface area contributed by atoms with Crippen LogP contribution in [0.25, 0.3) is 0 Å². The summed E-state index contributed by atoms with van der Waals surface area (Å²) >= 11 is 12.0. The first-order valence-electron chi connectivity index (χ1n) is 7.95. The van der Waals surface area contributed by atoms with Crippen LogP contribution in [-0.2, 0) is 14.8 Å². The van der Waals surface area contributed by atoms with Crippen LogP contribution in [0.1, 0.15) is 18.9 Å². The Morgan fingerprint density at radius 3 is 2.27 bits per heavy atom. The van der Waals surface area contributed by atoms with Gasteiger partial charge >= 0.3 is 0 Å². The summed E-state index contributed by atoms with van der Waals surface area (Å²) in [6.45, 7) is 3.65. The minimum atomic E-state index is -3.68. The molecule has 0 spiro atoms. The molecule has 1 unspecified atom stereocenters. The summed E-state index contributed by atoms with van der Waals surface area (Å²) in [7, 11) is -3.68. The van der Waals surface area contributed by atoms with E-state index >= 15 is 0 Å². The highest BCUT2D eigenvalue weighted by molar-refractivity contribution is 7.92.